The molecule has 0 bridgehead atoms. The Labute approximate surface area is 168 Å². The van der Waals surface area contributed by atoms with Crippen LogP contribution < -0.4 is 0 Å². The Morgan fingerprint density at radius 2 is 1.66 bits per heavy atom. The molecular formula is C20H20N4O4S. The highest BCUT2D eigenvalue weighted by molar-refractivity contribution is 7.89. The van der Waals surface area contributed by atoms with Gasteiger partial charge in [0.05, 0.1) is 4.90 Å². The van der Waals surface area contributed by atoms with Gasteiger partial charge in [-0.1, -0.05) is 22.9 Å². The van der Waals surface area contributed by atoms with Crippen LogP contribution in [0.4, 0.5) is 0 Å². The van der Waals surface area contributed by atoms with E-state index in [2.05, 4.69) is 10.1 Å². The van der Waals surface area contributed by atoms with E-state index >= 15 is 0 Å². The predicted molar refractivity (Wildman–Crippen MR) is 106 cm³/mol. The maximum atomic E-state index is 12.8. The first-order chi connectivity index (χ1) is 13.9. The molecule has 0 atom stereocenters. The van der Waals surface area contributed by atoms with E-state index in [1.54, 1.807) is 59.8 Å². The van der Waals surface area contributed by atoms with Gasteiger partial charge in [-0.25, -0.2) is 8.42 Å². The number of carbonyl (C=O) groups is 1. The minimum Gasteiger partial charge on any atom is -0.355 e. The van der Waals surface area contributed by atoms with Gasteiger partial charge in [0.25, 0.3) is 5.91 Å². The maximum Gasteiger partial charge on any atom is 0.276 e. The monoisotopic (exact) mass is 412 g/mol. The first kappa shape index (κ1) is 19.3. The lowest BCUT2D eigenvalue weighted by Crippen LogP contribution is -2.50. The van der Waals surface area contributed by atoms with Gasteiger partial charge in [0.1, 0.15) is 0 Å². The molecule has 1 aliphatic rings. The number of hydrogen-bond donors (Lipinski definition) is 0. The van der Waals surface area contributed by atoms with E-state index in [1.165, 1.54) is 4.31 Å². The number of sulfonamides is 1. The lowest BCUT2D eigenvalue weighted by atomic mass is 10.2. The molecule has 3 heterocycles. The number of aryl methyl sites for hydroxylation is 1. The quantitative estimate of drug-likeness (QED) is 0.652. The molecule has 1 fully saturated rings. The molecule has 0 spiro atoms. The predicted octanol–water partition coefficient (Wildman–Crippen LogP) is 2.19. The van der Waals surface area contributed by atoms with Gasteiger partial charge in [-0.2, -0.15) is 4.31 Å². The lowest BCUT2D eigenvalue weighted by Gasteiger charge is -2.33. The molecule has 8 nitrogen and oxygen atoms in total. The van der Waals surface area contributed by atoms with Crippen molar-refractivity contribution in [1.82, 2.24) is 19.3 Å². The summed E-state index contributed by atoms with van der Waals surface area (Å²) in [5.74, 6) is 0.206. The van der Waals surface area contributed by atoms with Crippen LogP contribution in [0.5, 0.6) is 0 Å². The molecule has 1 amide bonds. The van der Waals surface area contributed by atoms with Crippen LogP contribution in [-0.4, -0.2) is 59.8 Å². The zero-order chi connectivity index (χ0) is 20.4. The van der Waals surface area contributed by atoms with Gasteiger partial charge in [-0.3, -0.25) is 9.78 Å². The van der Waals surface area contributed by atoms with Crippen LogP contribution in [-0.2, 0) is 10.0 Å². The number of aromatic nitrogens is 2. The summed E-state index contributed by atoms with van der Waals surface area (Å²) in [6.07, 6.45) is 3.26. The molecule has 9 heteroatoms. The Kier molecular flexibility index (Phi) is 5.16. The third kappa shape index (κ3) is 3.92. The fourth-order valence-corrected chi connectivity index (χ4v) is 4.60. The highest BCUT2D eigenvalue weighted by Crippen LogP contribution is 2.22. The smallest absolute Gasteiger partial charge is 0.276 e. The number of carbonyl (C=O) groups excluding carboxylic acids is 1. The Hall–Kier alpha value is -3.04. The first-order valence-electron chi connectivity index (χ1n) is 9.18. The van der Waals surface area contributed by atoms with Crippen LogP contribution in [0.2, 0.25) is 0 Å². The minimum atomic E-state index is -3.57. The Balaban J connectivity index is 1.42. The molecule has 0 N–H and O–H groups in total. The number of benzene rings is 1. The van der Waals surface area contributed by atoms with Crippen LogP contribution in [0.25, 0.3) is 11.3 Å². The molecule has 150 valence electrons. The SMILES string of the molecule is Cc1ccc(S(=O)(=O)N2CCN(C(=O)c3cc(-c4ccncc4)on3)CC2)cc1. The number of hydrogen-bond acceptors (Lipinski definition) is 6. The summed E-state index contributed by atoms with van der Waals surface area (Å²) in [6.45, 7) is 2.96. The number of amides is 1. The summed E-state index contributed by atoms with van der Waals surface area (Å²) in [5, 5.41) is 3.87. The molecule has 0 radical (unpaired) electrons. The van der Waals surface area contributed by atoms with Crippen molar-refractivity contribution in [2.24, 2.45) is 0 Å². The van der Waals surface area contributed by atoms with Gasteiger partial charge in [0.15, 0.2) is 11.5 Å². The summed E-state index contributed by atoms with van der Waals surface area (Å²) in [6, 6.07) is 11.9. The van der Waals surface area contributed by atoms with Gasteiger partial charge in [0.2, 0.25) is 10.0 Å². The van der Waals surface area contributed by atoms with E-state index in [4.69, 9.17) is 4.52 Å². The Morgan fingerprint density at radius 1 is 1.00 bits per heavy atom. The van der Waals surface area contributed by atoms with Crippen molar-refractivity contribution in [3.05, 3.63) is 66.1 Å². The van der Waals surface area contributed by atoms with E-state index in [0.29, 0.717) is 18.8 Å². The number of pyridine rings is 1. The summed E-state index contributed by atoms with van der Waals surface area (Å²) < 4.78 is 32.3. The minimum absolute atomic E-state index is 0.201. The van der Waals surface area contributed by atoms with Crippen molar-refractivity contribution in [3.63, 3.8) is 0 Å². The third-order valence-corrected chi connectivity index (χ3v) is 6.79. The highest BCUT2D eigenvalue weighted by atomic mass is 32.2. The summed E-state index contributed by atoms with van der Waals surface area (Å²) >= 11 is 0. The van der Waals surface area contributed by atoms with Gasteiger partial charge < -0.3 is 9.42 Å². The molecule has 2 aromatic heterocycles. The third-order valence-electron chi connectivity index (χ3n) is 4.88. The van der Waals surface area contributed by atoms with Gasteiger partial charge in [-0.15, -0.1) is 0 Å². The average Bonchev–Trinajstić information content (AvgIpc) is 3.24. The van der Waals surface area contributed by atoms with E-state index < -0.39 is 10.0 Å². The molecular weight excluding hydrogens is 392 g/mol. The van der Waals surface area contributed by atoms with E-state index in [9.17, 15) is 13.2 Å². The first-order valence-corrected chi connectivity index (χ1v) is 10.6. The fraction of sp³-hybridized carbons (Fsp3) is 0.250. The number of rotatable bonds is 4. The van der Waals surface area contributed by atoms with Crippen molar-refractivity contribution in [1.29, 1.82) is 0 Å². The van der Waals surface area contributed by atoms with Gasteiger partial charge in [0, 0.05) is 50.2 Å². The molecule has 0 aliphatic carbocycles. The van der Waals surface area contributed by atoms with Crippen molar-refractivity contribution in [3.8, 4) is 11.3 Å². The molecule has 0 unspecified atom stereocenters. The van der Waals surface area contributed by atoms with Crippen LogP contribution >= 0.6 is 0 Å². The second-order valence-corrected chi connectivity index (χ2v) is 8.76. The zero-order valence-corrected chi connectivity index (χ0v) is 16.7. The maximum absolute atomic E-state index is 12.8. The lowest BCUT2D eigenvalue weighted by molar-refractivity contribution is 0.0687. The number of nitrogens with zero attached hydrogens (tertiary/aromatic N) is 4. The van der Waals surface area contributed by atoms with Crippen LogP contribution in [0, 0.1) is 6.92 Å². The van der Waals surface area contributed by atoms with Crippen LogP contribution in [0.1, 0.15) is 16.1 Å². The summed E-state index contributed by atoms with van der Waals surface area (Å²) in [4.78, 5) is 18.5. The van der Waals surface area contributed by atoms with Crippen LogP contribution in [0.15, 0.2) is 64.3 Å². The van der Waals surface area contributed by atoms with E-state index in [-0.39, 0.29) is 29.6 Å². The highest BCUT2D eigenvalue weighted by Gasteiger charge is 2.31. The second kappa shape index (κ2) is 7.76. The van der Waals surface area contributed by atoms with E-state index in [0.717, 1.165) is 11.1 Å². The molecule has 3 aromatic rings. The Bertz CT molecular complexity index is 1100. The zero-order valence-electron chi connectivity index (χ0n) is 15.9. The Morgan fingerprint density at radius 3 is 2.31 bits per heavy atom. The summed E-state index contributed by atoms with van der Waals surface area (Å²) in [7, 11) is -3.57. The largest absolute Gasteiger partial charge is 0.355 e. The van der Waals surface area contributed by atoms with Gasteiger partial charge in [-0.05, 0) is 31.2 Å². The topological polar surface area (TPSA) is 96.6 Å². The van der Waals surface area contributed by atoms with Crippen molar-refractivity contribution >= 4 is 15.9 Å². The molecule has 29 heavy (non-hydrogen) atoms. The summed E-state index contributed by atoms with van der Waals surface area (Å²) in [5.41, 5.74) is 1.98. The fourth-order valence-electron chi connectivity index (χ4n) is 3.18. The standard InChI is InChI=1S/C20H20N4O4S/c1-15-2-4-17(5-3-15)29(26,27)24-12-10-23(11-13-24)20(25)18-14-19(28-22-18)16-6-8-21-9-7-16/h2-9,14H,10-13H2,1H3. The van der Waals surface area contributed by atoms with Crippen molar-refractivity contribution < 1.29 is 17.7 Å². The van der Waals surface area contributed by atoms with Crippen molar-refractivity contribution in [2.75, 3.05) is 26.2 Å². The van der Waals surface area contributed by atoms with Crippen molar-refractivity contribution in [2.45, 2.75) is 11.8 Å². The second-order valence-electron chi connectivity index (χ2n) is 6.82. The number of piperazine rings is 1. The molecule has 0 saturated carbocycles. The van der Waals surface area contributed by atoms with Gasteiger partial charge >= 0.3 is 0 Å². The molecule has 4 rings (SSSR count). The van der Waals surface area contributed by atoms with E-state index in [1.807, 2.05) is 6.92 Å². The average molecular weight is 412 g/mol. The molecule has 1 aromatic carbocycles. The molecule has 1 saturated heterocycles. The normalized spacial score (nSPS) is 15.4. The van der Waals surface area contributed by atoms with Crippen LogP contribution in [0.3, 0.4) is 0 Å². The molecule has 1 aliphatic heterocycles.